The highest BCUT2D eigenvalue weighted by molar-refractivity contribution is 5.98. The number of hydrogen-bond donors (Lipinski definition) is 0. The molecule has 23 heavy (non-hydrogen) atoms. The molecule has 0 aliphatic carbocycles. The Kier molecular flexibility index (Phi) is 5.91. The predicted octanol–water partition coefficient (Wildman–Crippen LogP) is 2.80. The molecule has 0 fully saturated rings. The van der Waals surface area contributed by atoms with Gasteiger partial charge in [-0.15, -0.1) is 0 Å². The van der Waals surface area contributed by atoms with E-state index in [1.165, 1.54) is 6.92 Å². The van der Waals surface area contributed by atoms with Crippen LogP contribution in [0.4, 0.5) is 0 Å². The average Bonchev–Trinajstić information content (AvgIpc) is 3.07. The van der Waals surface area contributed by atoms with Gasteiger partial charge in [0.25, 0.3) is 0 Å². The lowest BCUT2D eigenvalue weighted by Crippen LogP contribution is -2.15. The van der Waals surface area contributed by atoms with Gasteiger partial charge in [0.15, 0.2) is 12.4 Å². The number of Topliss-reactive ketones (excluding diaryl/α,β-unsaturated/α-hetero) is 1. The molecule has 0 bridgehead atoms. The van der Waals surface area contributed by atoms with Crippen molar-refractivity contribution in [3.05, 3.63) is 42.2 Å². The molecule has 0 N–H and O–H groups in total. The largest absolute Gasteiger partial charge is 0.482 e. The van der Waals surface area contributed by atoms with Crippen LogP contribution >= 0.6 is 0 Å². The molecule has 1 heterocycles. The summed E-state index contributed by atoms with van der Waals surface area (Å²) in [5, 5.41) is 4.12. The van der Waals surface area contributed by atoms with Crippen molar-refractivity contribution < 1.29 is 19.1 Å². The summed E-state index contributed by atoms with van der Waals surface area (Å²) in [6.45, 7) is 3.72. The Labute approximate surface area is 135 Å². The first-order valence-electron chi connectivity index (χ1n) is 7.55. The number of unbranched alkanes of at least 4 members (excludes halogenated alkanes) is 1. The van der Waals surface area contributed by atoms with Crippen LogP contribution in [-0.2, 0) is 9.53 Å². The minimum atomic E-state index is -0.418. The van der Waals surface area contributed by atoms with Crippen LogP contribution in [-0.4, -0.2) is 34.7 Å². The molecule has 0 unspecified atom stereocenters. The second-order valence-electron chi connectivity index (χ2n) is 5.05. The molecule has 6 heteroatoms. The summed E-state index contributed by atoms with van der Waals surface area (Å²) in [5.41, 5.74) is 1.14. The summed E-state index contributed by atoms with van der Waals surface area (Å²) in [5.74, 6) is -0.0796. The first-order chi connectivity index (χ1) is 11.1. The Morgan fingerprint density at radius 1 is 1.30 bits per heavy atom. The number of carbonyl (C=O) groups excluding carboxylic acids is 2. The molecule has 0 saturated carbocycles. The number of esters is 1. The zero-order valence-corrected chi connectivity index (χ0v) is 13.3. The van der Waals surface area contributed by atoms with Crippen LogP contribution in [0.15, 0.2) is 36.7 Å². The van der Waals surface area contributed by atoms with Crippen molar-refractivity contribution in [2.24, 2.45) is 0 Å². The van der Waals surface area contributed by atoms with E-state index in [4.69, 9.17) is 9.47 Å². The molecule has 122 valence electrons. The van der Waals surface area contributed by atoms with Gasteiger partial charge in [-0.25, -0.2) is 9.48 Å². The summed E-state index contributed by atoms with van der Waals surface area (Å²) in [6.07, 6.45) is 5.19. The van der Waals surface area contributed by atoms with Gasteiger partial charge in [0.1, 0.15) is 5.75 Å². The predicted molar refractivity (Wildman–Crippen MR) is 84.9 cm³/mol. The lowest BCUT2D eigenvalue weighted by atomic mass is 10.1. The van der Waals surface area contributed by atoms with Gasteiger partial charge in [-0.3, -0.25) is 4.79 Å². The molecule has 1 aromatic carbocycles. The maximum Gasteiger partial charge on any atom is 0.344 e. The standard InChI is InChI=1S/C17H20N2O4/c1-3-4-10-22-17(21)12-23-14-6-7-16(15(11-14)13(2)20)19-9-5-8-18-19/h5-9,11H,3-4,10,12H2,1-2H3. The van der Waals surface area contributed by atoms with Crippen LogP contribution < -0.4 is 4.74 Å². The van der Waals surface area contributed by atoms with Gasteiger partial charge >= 0.3 is 5.97 Å². The minimum Gasteiger partial charge on any atom is -0.482 e. The molecular weight excluding hydrogens is 296 g/mol. The van der Waals surface area contributed by atoms with E-state index in [0.29, 0.717) is 23.6 Å². The van der Waals surface area contributed by atoms with E-state index in [1.54, 1.807) is 41.3 Å². The summed E-state index contributed by atoms with van der Waals surface area (Å²) in [6, 6.07) is 6.82. The van der Waals surface area contributed by atoms with E-state index in [9.17, 15) is 9.59 Å². The molecule has 0 atom stereocenters. The summed E-state index contributed by atoms with van der Waals surface area (Å²) < 4.78 is 12.0. The number of carbonyl (C=O) groups is 2. The molecule has 0 radical (unpaired) electrons. The Morgan fingerprint density at radius 2 is 2.13 bits per heavy atom. The van der Waals surface area contributed by atoms with Crippen molar-refractivity contribution in [3.8, 4) is 11.4 Å². The van der Waals surface area contributed by atoms with Crippen LogP contribution in [0.2, 0.25) is 0 Å². The quantitative estimate of drug-likeness (QED) is 0.425. The van der Waals surface area contributed by atoms with Crippen molar-refractivity contribution in [1.82, 2.24) is 9.78 Å². The lowest BCUT2D eigenvalue weighted by molar-refractivity contribution is -0.146. The van der Waals surface area contributed by atoms with E-state index < -0.39 is 5.97 Å². The third kappa shape index (κ3) is 4.67. The van der Waals surface area contributed by atoms with Crippen LogP contribution in [0, 0.1) is 0 Å². The number of ketones is 1. The second-order valence-corrected chi connectivity index (χ2v) is 5.05. The summed E-state index contributed by atoms with van der Waals surface area (Å²) >= 11 is 0. The smallest absolute Gasteiger partial charge is 0.344 e. The Balaban J connectivity index is 2.05. The van der Waals surface area contributed by atoms with Gasteiger partial charge in [0, 0.05) is 18.0 Å². The van der Waals surface area contributed by atoms with Crippen LogP contribution in [0.5, 0.6) is 5.75 Å². The van der Waals surface area contributed by atoms with Crippen LogP contribution in [0.3, 0.4) is 0 Å². The van der Waals surface area contributed by atoms with Crippen molar-refractivity contribution in [2.45, 2.75) is 26.7 Å². The average molecular weight is 316 g/mol. The number of nitrogens with zero attached hydrogens (tertiary/aromatic N) is 2. The molecule has 0 amide bonds. The summed E-state index contributed by atoms with van der Waals surface area (Å²) in [4.78, 5) is 23.4. The first kappa shape index (κ1) is 16.7. The van der Waals surface area contributed by atoms with Crippen LogP contribution in [0.1, 0.15) is 37.0 Å². The fraction of sp³-hybridized carbons (Fsp3) is 0.353. The minimum absolute atomic E-state index is 0.105. The molecular formula is C17H20N2O4. The molecule has 0 spiro atoms. The van der Waals surface area contributed by atoms with Gasteiger partial charge in [0.05, 0.1) is 12.3 Å². The number of hydrogen-bond acceptors (Lipinski definition) is 5. The molecule has 0 aliphatic heterocycles. The Hall–Kier alpha value is -2.63. The fourth-order valence-corrected chi connectivity index (χ4v) is 2.01. The van der Waals surface area contributed by atoms with E-state index in [2.05, 4.69) is 5.10 Å². The van der Waals surface area contributed by atoms with Gasteiger partial charge in [-0.1, -0.05) is 13.3 Å². The molecule has 2 aromatic rings. The number of rotatable bonds is 8. The van der Waals surface area contributed by atoms with E-state index in [1.807, 2.05) is 6.92 Å². The SMILES string of the molecule is CCCCOC(=O)COc1ccc(-n2cccn2)c(C(C)=O)c1. The number of benzene rings is 1. The maximum absolute atomic E-state index is 11.8. The Morgan fingerprint density at radius 3 is 2.78 bits per heavy atom. The topological polar surface area (TPSA) is 70.4 Å². The number of aromatic nitrogens is 2. The zero-order chi connectivity index (χ0) is 16.7. The van der Waals surface area contributed by atoms with Gasteiger partial charge in [-0.2, -0.15) is 5.10 Å². The zero-order valence-electron chi connectivity index (χ0n) is 13.3. The molecule has 0 aliphatic rings. The maximum atomic E-state index is 11.8. The van der Waals surface area contributed by atoms with Gasteiger partial charge in [-0.05, 0) is 37.6 Å². The van der Waals surface area contributed by atoms with E-state index in [-0.39, 0.29) is 12.4 Å². The molecule has 0 saturated heterocycles. The van der Waals surface area contributed by atoms with E-state index in [0.717, 1.165) is 12.8 Å². The lowest BCUT2D eigenvalue weighted by Gasteiger charge is -2.11. The van der Waals surface area contributed by atoms with Crippen molar-refractivity contribution >= 4 is 11.8 Å². The molecule has 1 aromatic heterocycles. The third-order valence-corrected chi connectivity index (χ3v) is 3.22. The van der Waals surface area contributed by atoms with Crippen molar-refractivity contribution in [1.29, 1.82) is 0 Å². The third-order valence-electron chi connectivity index (χ3n) is 3.22. The molecule has 2 rings (SSSR count). The fourth-order valence-electron chi connectivity index (χ4n) is 2.01. The van der Waals surface area contributed by atoms with E-state index >= 15 is 0 Å². The summed E-state index contributed by atoms with van der Waals surface area (Å²) in [7, 11) is 0. The van der Waals surface area contributed by atoms with Crippen molar-refractivity contribution in [3.63, 3.8) is 0 Å². The van der Waals surface area contributed by atoms with Crippen LogP contribution in [0.25, 0.3) is 5.69 Å². The van der Waals surface area contributed by atoms with Gasteiger partial charge in [0.2, 0.25) is 0 Å². The van der Waals surface area contributed by atoms with Gasteiger partial charge < -0.3 is 9.47 Å². The highest BCUT2D eigenvalue weighted by Gasteiger charge is 2.12. The first-order valence-corrected chi connectivity index (χ1v) is 7.55. The van der Waals surface area contributed by atoms with Crippen molar-refractivity contribution in [2.75, 3.05) is 13.2 Å². The number of ether oxygens (including phenoxy) is 2. The normalized spacial score (nSPS) is 10.3. The monoisotopic (exact) mass is 316 g/mol. The molecule has 6 nitrogen and oxygen atoms in total. The highest BCUT2D eigenvalue weighted by Crippen LogP contribution is 2.21. The Bertz CT molecular complexity index is 665. The highest BCUT2D eigenvalue weighted by atomic mass is 16.6. The second kappa shape index (κ2) is 8.12.